The second kappa shape index (κ2) is 2.36. The van der Waals surface area contributed by atoms with Crippen molar-refractivity contribution in [3.63, 3.8) is 0 Å². The van der Waals surface area contributed by atoms with Crippen molar-refractivity contribution in [1.29, 1.82) is 5.26 Å². The summed E-state index contributed by atoms with van der Waals surface area (Å²) < 4.78 is 0. The number of rotatable bonds is 0. The van der Waals surface area contributed by atoms with Crippen molar-refractivity contribution in [2.45, 2.75) is 37.6 Å². The first-order valence-electron chi connectivity index (χ1n) is 3.53. The third kappa shape index (κ3) is 1.43. The van der Waals surface area contributed by atoms with Crippen LogP contribution < -0.4 is 5.73 Å². The fraction of sp³-hybridized carbons (Fsp3) is 0.857. The molecular formula is C7H13N2+. The quantitative estimate of drug-likeness (QED) is 0.502. The predicted octanol–water partition coefficient (Wildman–Crippen LogP) is 0.455. The van der Waals surface area contributed by atoms with E-state index in [0.717, 1.165) is 12.8 Å². The zero-order chi connectivity index (χ0) is 6.74. The van der Waals surface area contributed by atoms with Gasteiger partial charge >= 0.3 is 0 Å². The molecule has 1 aliphatic rings. The van der Waals surface area contributed by atoms with Crippen molar-refractivity contribution in [1.82, 2.24) is 0 Å². The second-order valence-electron chi connectivity index (χ2n) is 2.95. The van der Waals surface area contributed by atoms with Crippen LogP contribution in [0.1, 0.15) is 32.1 Å². The van der Waals surface area contributed by atoms with E-state index >= 15 is 0 Å². The maximum absolute atomic E-state index is 8.64. The van der Waals surface area contributed by atoms with Gasteiger partial charge in [0.2, 0.25) is 0 Å². The third-order valence-electron chi connectivity index (χ3n) is 2.05. The van der Waals surface area contributed by atoms with E-state index in [9.17, 15) is 0 Å². The zero-order valence-electron chi connectivity index (χ0n) is 5.69. The molecule has 2 heteroatoms. The molecule has 2 nitrogen and oxygen atoms in total. The van der Waals surface area contributed by atoms with Crippen molar-refractivity contribution >= 4 is 0 Å². The molecule has 0 heterocycles. The van der Waals surface area contributed by atoms with Crippen LogP contribution in [0.5, 0.6) is 0 Å². The molecule has 0 atom stereocenters. The van der Waals surface area contributed by atoms with Gasteiger partial charge in [-0.25, -0.2) is 0 Å². The molecule has 0 saturated heterocycles. The highest BCUT2D eigenvalue weighted by Gasteiger charge is 2.30. The van der Waals surface area contributed by atoms with Gasteiger partial charge in [0.1, 0.15) is 6.07 Å². The molecule has 0 aromatic rings. The average molecular weight is 125 g/mol. The molecule has 0 unspecified atom stereocenters. The Morgan fingerprint density at radius 1 is 1.22 bits per heavy atom. The smallest absolute Gasteiger partial charge is 0.181 e. The summed E-state index contributed by atoms with van der Waals surface area (Å²) >= 11 is 0. The van der Waals surface area contributed by atoms with E-state index in [1.165, 1.54) is 19.3 Å². The predicted molar refractivity (Wildman–Crippen MR) is 34.3 cm³/mol. The Kier molecular flexibility index (Phi) is 1.73. The summed E-state index contributed by atoms with van der Waals surface area (Å²) in [6.45, 7) is 0. The lowest BCUT2D eigenvalue weighted by Crippen LogP contribution is -2.72. The first kappa shape index (κ1) is 6.57. The van der Waals surface area contributed by atoms with Gasteiger partial charge in [-0.15, -0.1) is 0 Å². The lowest BCUT2D eigenvalue weighted by atomic mass is 9.84. The van der Waals surface area contributed by atoms with Crippen LogP contribution in [0.15, 0.2) is 0 Å². The molecule has 1 aliphatic carbocycles. The lowest BCUT2D eigenvalue weighted by Gasteiger charge is -2.21. The molecule has 0 aliphatic heterocycles. The molecule has 0 spiro atoms. The summed E-state index contributed by atoms with van der Waals surface area (Å²) in [6, 6.07) is 2.27. The Bertz CT molecular complexity index is 128. The summed E-state index contributed by atoms with van der Waals surface area (Å²) in [4.78, 5) is 0. The minimum Gasteiger partial charge on any atom is -0.341 e. The van der Waals surface area contributed by atoms with E-state index < -0.39 is 0 Å². The van der Waals surface area contributed by atoms with Crippen LogP contribution in [0, 0.1) is 11.3 Å². The van der Waals surface area contributed by atoms with Gasteiger partial charge in [-0.05, 0) is 12.8 Å². The molecule has 50 valence electrons. The summed E-state index contributed by atoms with van der Waals surface area (Å²) in [7, 11) is 0. The Morgan fingerprint density at radius 2 is 1.78 bits per heavy atom. The number of hydrogen-bond donors (Lipinski definition) is 1. The van der Waals surface area contributed by atoms with E-state index in [-0.39, 0.29) is 5.54 Å². The highest BCUT2D eigenvalue weighted by Crippen LogP contribution is 2.22. The molecule has 1 saturated carbocycles. The minimum atomic E-state index is -0.224. The van der Waals surface area contributed by atoms with Gasteiger partial charge in [0, 0.05) is 12.8 Å². The number of quaternary nitrogens is 1. The van der Waals surface area contributed by atoms with Crippen molar-refractivity contribution < 1.29 is 5.73 Å². The van der Waals surface area contributed by atoms with E-state index in [1.807, 2.05) is 0 Å². The number of nitriles is 1. The first-order valence-corrected chi connectivity index (χ1v) is 3.53. The summed E-state index contributed by atoms with van der Waals surface area (Å²) in [6.07, 6.45) is 5.68. The van der Waals surface area contributed by atoms with Gasteiger partial charge in [-0.3, -0.25) is 0 Å². The zero-order valence-corrected chi connectivity index (χ0v) is 5.69. The Balaban J connectivity index is 2.49. The lowest BCUT2D eigenvalue weighted by molar-refractivity contribution is -0.461. The highest BCUT2D eigenvalue weighted by molar-refractivity contribution is 4.99. The summed E-state index contributed by atoms with van der Waals surface area (Å²) in [5.41, 5.74) is 3.66. The Hall–Kier alpha value is -0.550. The van der Waals surface area contributed by atoms with Gasteiger partial charge in [0.15, 0.2) is 5.54 Å². The van der Waals surface area contributed by atoms with Crippen molar-refractivity contribution in [2.75, 3.05) is 0 Å². The molecule has 0 amide bonds. The molecule has 0 radical (unpaired) electrons. The van der Waals surface area contributed by atoms with Gasteiger partial charge in [0.25, 0.3) is 0 Å². The molecular weight excluding hydrogens is 112 g/mol. The number of nitrogens with zero attached hydrogens (tertiary/aromatic N) is 1. The van der Waals surface area contributed by atoms with E-state index in [2.05, 4.69) is 11.8 Å². The van der Waals surface area contributed by atoms with Crippen molar-refractivity contribution in [3.05, 3.63) is 0 Å². The Labute approximate surface area is 55.7 Å². The minimum absolute atomic E-state index is 0.224. The molecule has 0 aromatic carbocycles. The molecule has 1 fully saturated rings. The Morgan fingerprint density at radius 3 is 2.11 bits per heavy atom. The van der Waals surface area contributed by atoms with Crippen LogP contribution in [-0.2, 0) is 0 Å². The molecule has 0 bridgehead atoms. The fourth-order valence-corrected chi connectivity index (χ4v) is 1.34. The van der Waals surface area contributed by atoms with Crippen LogP contribution >= 0.6 is 0 Å². The molecule has 1 rings (SSSR count). The van der Waals surface area contributed by atoms with Gasteiger partial charge in [-0.1, -0.05) is 6.42 Å². The largest absolute Gasteiger partial charge is 0.341 e. The van der Waals surface area contributed by atoms with E-state index in [0.29, 0.717) is 0 Å². The summed E-state index contributed by atoms with van der Waals surface area (Å²) in [5.74, 6) is 0. The second-order valence-corrected chi connectivity index (χ2v) is 2.95. The SMILES string of the molecule is N#CC1([NH3+])CCCCC1. The van der Waals surface area contributed by atoms with Crippen LogP contribution in [0.2, 0.25) is 0 Å². The van der Waals surface area contributed by atoms with Crippen LogP contribution in [-0.4, -0.2) is 5.54 Å². The average Bonchev–Trinajstić information content (AvgIpc) is 1.90. The first-order chi connectivity index (χ1) is 4.27. The number of hydrogen-bond acceptors (Lipinski definition) is 1. The van der Waals surface area contributed by atoms with Crippen molar-refractivity contribution in [3.8, 4) is 6.07 Å². The maximum atomic E-state index is 8.64. The standard InChI is InChI=1S/C7H12N2/c8-6-7(9)4-2-1-3-5-7/h1-5,9H2/p+1. The topological polar surface area (TPSA) is 51.4 Å². The summed E-state index contributed by atoms with van der Waals surface area (Å²) in [5, 5.41) is 8.64. The van der Waals surface area contributed by atoms with E-state index in [1.54, 1.807) is 0 Å². The van der Waals surface area contributed by atoms with Crippen molar-refractivity contribution in [2.24, 2.45) is 0 Å². The fourth-order valence-electron chi connectivity index (χ4n) is 1.34. The third-order valence-corrected chi connectivity index (χ3v) is 2.05. The highest BCUT2D eigenvalue weighted by atomic mass is 14.7. The van der Waals surface area contributed by atoms with Gasteiger partial charge in [-0.2, -0.15) is 5.26 Å². The molecule has 0 aromatic heterocycles. The maximum Gasteiger partial charge on any atom is 0.181 e. The van der Waals surface area contributed by atoms with Gasteiger partial charge < -0.3 is 5.73 Å². The normalized spacial score (nSPS) is 24.9. The monoisotopic (exact) mass is 125 g/mol. The van der Waals surface area contributed by atoms with Gasteiger partial charge in [0.05, 0.1) is 0 Å². The molecule has 3 N–H and O–H groups in total. The van der Waals surface area contributed by atoms with E-state index in [4.69, 9.17) is 5.26 Å². The van der Waals surface area contributed by atoms with Crippen LogP contribution in [0.25, 0.3) is 0 Å². The van der Waals surface area contributed by atoms with Crippen LogP contribution in [0.4, 0.5) is 0 Å². The molecule has 9 heavy (non-hydrogen) atoms. The van der Waals surface area contributed by atoms with Crippen LogP contribution in [0.3, 0.4) is 0 Å².